The molecule has 0 bridgehead atoms. The number of hydrogen-bond acceptors (Lipinski definition) is 3. The van der Waals surface area contributed by atoms with Gasteiger partial charge in [-0.25, -0.2) is 0 Å². The molecule has 0 saturated carbocycles. The number of halogens is 1. The number of benzene rings is 2. The zero-order valence-electron chi connectivity index (χ0n) is 13.4. The largest absolute Gasteiger partial charge is 0.334 e. The van der Waals surface area contributed by atoms with E-state index in [1.54, 1.807) is 0 Å². The number of carbonyl (C=O) groups is 1. The molecule has 2 aromatic rings. The first-order chi connectivity index (χ1) is 11.6. The Morgan fingerprint density at radius 3 is 2.62 bits per heavy atom. The van der Waals surface area contributed by atoms with E-state index in [9.17, 15) is 4.79 Å². The van der Waals surface area contributed by atoms with Gasteiger partial charge >= 0.3 is 0 Å². The Balaban J connectivity index is 1.72. The molecular formula is C19H21ClN2OS. The first-order valence-electron chi connectivity index (χ1n) is 8.08. The van der Waals surface area contributed by atoms with Crippen LogP contribution in [0.15, 0.2) is 54.6 Å². The average molecular weight is 361 g/mol. The predicted molar refractivity (Wildman–Crippen MR) is 101 cm³/mol. The topological polar surface area (TPSA) is 46.3 Å². The van der Waals surface area contributed by atoms with E-state index in [0.29, 0.717) is 11.4 Å². The summed E-state index contributed by atoms with van der Waals surface area (Å²) in [5.41, 5.74) is 8.37. The van der Waals surface area contributed by atoms with Crippen LogP contribution in [0.4, 0.5) is 0 Å². The summed E-state index contributed by atoms with van der Waals surface area (Å²) in [6, 6.07) is 17.4. The second-order valence-electron chi connectivity index (χ2n) is 5.95. The number of amides is 1. The predicted octanol–water partition coefficient (Wildman–Crippen LogP) is 4.05. The van der Waals surface area contributed by atoms with Crippen molar-refractivity contribution in [3.8, 4) is 0 Å². The first kappa shape index (κ1) is 17.3. The van der Waals surface area contributed by atoms with Gasteiger partial charge in [-0.2, -0.15) is 11.8 Å². The molecule has 3 rings (SSSR count). The maximum absolute atomic E-state index is 12.8. The molecule has 24 heavy (non-hydrogen) atoms. The molecule has 3 nitrogen and oxygen atoms in total. The van der Waals surface area contributed by atoms with Crippen molar-refractivity contribution in [2.24, 2.45) is 5.73 Å². The summed E-state index contributed by atoms with van der Waals surface area (Å²) >= 11 is 7.86. The monoisotopic (exact) mass is 360 g/mol. The molecule has 1 aliphatic heterocycles. The summed E-state index contributed by atoms with van der Waals surface area (Å²) in [7, 11) is 0. The van der Waals surface area contributed by atoms with Gasteiger partial charge in [-0.3, -0.25) is 4.79 Å². The lowest BCUT2D eigenvalue weighted by Gasteiger charge is -2.36. The highest BCUT2D eigenvalue weighted by Gasteiger charge is 2.29. The highest BCUT2D eigenvalue weighted by Crippen LogP contribution is 2.31. The number of nitrogens with two attached hydrogens (primary N) is 1. The minimum atomic E-state index is -0.265. The van der Waals surface area contributed by atoms with Crippen molar-refractivity contribution in [1.29, 1.82) is 0 Å². The molecule has 2 unspecified atom stereocenters. The van der Waals surface area contributed by atoms with Gasteiger partial charge in [0.25, 0.3) is 0 Å². The van der Waals surface area contributed by atoms with Crippen molar-refractivity contribution in [2.75, 3.05) is 18.1 Å². The van der Waals surface area contributed by atoms with Gasteiger partial charge in [-0.15, -0.1) is 0 Å². The molecule has 0 aromatic heterocycles. The lowest BCUT2D eigenvalue weighted by atomic mass is 10.0. The molecule has 126 valence electrons. The zero-order chi connectivity index (χ0) is 16.9. The second-order valence-corrected chi connectivity index (χ2v) is 7.54. The molecule has 2 aromatic carbocycles. The number of hydrogen-bond donors (Lipinski definition) is 1. The van der Waals surface area contributed by atoms with Crippen LogP contribution < -0.4 is 5.73 Å². The Hall–Kier alpha value is -1.49. The molecule has 0 radical (unpaired) electrons. The molecule has 5 heteroatoms. The molecule has 2 atom stereocenters. The minimum Gasteiger partial charge on any atom is -0.334 e. The standard InChI is InChI=1S/C19H21ClN2OS/c20-16-8-6-15(7-9-16)18-13-24-11-10-22(18)19(23)12-17(21)14-4-2-1-3-5-14/h1-9,17-18H,10-13,21H2. The van der Waals surface area contributed by atoms with Gasteiger partial charge in [-0.05, 0) is 23.3 Å². The molecule has 0 spiro atoms. The Morgan fingerprint density at radius 1 is 1.21 bits per heavy atom. The van der Waals surface area contributed by atoms with E-state index in [1.165, 1.54) is 0 Å². The molecule has 1 heterocycles. The highest BCUT2D eigenvalue weighted by molar-refractivity contribution is 7.99. The van der Waals surface area contributed by atoms with Gasteiger partial charge < -0.3 is 10.6 Å². The van der Waals surface area contributed by atoms with Crippen LogP contribution in [0.2, 0.25) is 5.02 Å². The number of carbonyl (C=O) groups excluding carboxylic acids is 1. The Kier molecular flexibility index (Phi) is 5.82. The van der Waals surface area contributed by atoms with Crippen LogP contribution in [-0.4, -0.2) is 28.9 Å². The fourth-order valence-electron chi connectivity index (χ4n) is 2.99. The molecule has 1 amide bonds. The van der Waals surface area contributed by atoms with Crippen molar-refractivity contribution in [1.82, 2.24) is 4.90 Å². The summed E-state index contributed by atoms with van der Waals surface area (Å²) < 4.78 is 0. The number of nitrogens with zero attached hydrogens (tertiary/aromatic N) is 1. The van der Waals surface area contributed by atoms with Crippen LogP contribution >= 0.6 is 23.4 Å². The lowest BCUT2D eigenvalue weighted by Crippen LogP contribution is -2.41. The summed E-state index contributed by atoms with van der Waals surface area (Å²) in [6.45, 7) is 0.762. The smallest absolute Gasteiger partial charge is 0.225 e. The van der Waals surface area contributed by atoms with E-state index in [1.807, 2.05) is 71.3 Å². The molecular weight excluding hydrogens is 340 g/mol. The van der Waals surface area contributed by atoms with Crippen LogP contribution in [0.1, 0.15) is 29.6 Å². The highest BCUT2D eigenvalue weighted by atomic mass is 35.5. The van der Waals surface area contributed by atoms with Crippen molar-refractivity contribution in [3.05, 3.63) is 70.7 Å². The first-order valence-corrected chi connectivity index (χ1v) is 9.61. The van der Waals surface area contributed by atoms with Crippen molar-refractivity contribution in [2.45, 2.75) is 18.5 Å². The van der Waals surface area contributed by atoms with Gasteiger partial charge in [0.15, 0.2) is 0 Å². The van der Waals surface area contributed by atoms with Crippen molar-refractivity contribution < 1.29 is 4.79 Å². The summed E-state index contributed by atoms with van der Waals surface area (Å²) in [4.78, 5) is 14.8. The van der Waals surface area contributed by atoms with E-state index in [2.05, 4.69) is 0 Å². The third kappa shape index (κ3) is 4.12. The fourth-order valence-corrected chi connectivity index (χ4v) is 4.20. The number of thioether (sulfide) groups is 1. The van der Waals surface area contributed by atoms with Gasteiger partial charge in [-0.1, -0.05) is 54.1 Å². The third-order valence-corrected chi connectivity index (χ3v) is 5.60. The lowest BCUT2D eigenvalue weighted by molar-refractivity contribution is -0.133. The Bertz CT molecular complexity index is 678. The quantitative estimate of drug-likeness (QED) is 0.894. The van der Waals surface area contributed by atoms with E-state index in [4.69, 9.17) is 17.3 Å². The van der Waals surface area contributed by atoms with Crippen LogP contribution in [0.25, 0.3) is 0 Å². The molecule has 1 aliphatic rings. The average Bonchev–Trinajstić information content (AvgIpc) is 2.63. The minimum absolute atomic E-state index is 0.0940. The third-order valence-electron chi connectivity index (χ3n) is 4.33. The summed E-state index contributed by atoms with van der Waals surface area (Å²) in [6.07, 6.45) is 0.332. The molecule has 1 fully saturated rings. The van der Waals surface area contributed by atoms with E-state index >= 15 is 0 Å². The molecule has 2 N–H and O–H groups in total. The van der Waals surface area contributed by atoms with Crippen LogP contribution in [0, 0.1) is 0 Å². The van der Waals surface area contributed by atoms with Gasteiger partial charge in [0.1, 0.15) is 0 Å². The van der Waals surface area contributed by atoms with Crippen LogP contribution in [0.5, 0.6) is 0 Å². The van der Waals surface area contributed by atoms with Gasteiger partial charge in [0.05, 0.1) is 6.04 Å². The Morgan fingerprint density at radius 2 is 1.92 bits per heavy atom. The van der Waals surface area contributed by atoms with E-state index in [0.717, 1.165) is 29.2 Å². The zero-order valence-corrected chi connectivity index (χ0v) is 15.0. The summed E-state index contributed by atoms with van der Waals surface area (Å²) in [5, 5.41) is 0.714. The maximum atomic E-state index is 12.8. The van der Waals surface area contributed by atoms with Crippen LogP contribution in [0.3, 0.4) is 0 Å². The maximum Gasteiger partial charge on any atom is 0.225 e. The fraction of sp³-hybridized carbons (Fsp3) is 0.316. The van der Waals surface area contributed by atoms with E-state index < -0.39 is 0 Å². The van der Waals surface area contributed by atoms with Gasteiger partial charge in [0, 0.05) is 35.5 Å². The number of rotatable bonds is 4. The summed E-state index contributed by atoms with van der Waals surface area (Å²) in [5.74, 6) is 2.00. The van der Waals surface area contributed by atoms with Crippen molar-refractivity contribution in [3.63, 3.8) is 0 Å². The normalized spacial score (nSPS) is 19.1. The van der Waals surface area contributed by atoms with Crippen molar-refractivity contribution >= 4 is 29.3 Å². The van der Waals surface area contributed by atoms with Gasteiger partial charge in [0.2, 0.25) is 5.91 Å². The van der Waals surface area contributed by atoms with E-state index in [-0.39, 0.29) is 18.0 Å². The Labute approximate surface area is 152 Å². The van der Waals surface area contributed by atoms with Crippen LogP contribution in [-0.2, 0) is 4.79 Å². The SMILES string of the molecule is NC(CC(=O)N1CCSCC1c1ccc(Cl)cc1)c1ccccc1. The molecule has 0 aliphatic carbocycles. The second kappa shape index (κ2) is 8.06. The molecule has 1 saturated heterocycles.